The lowest BCUT2D eigenvalue weighted by Gasteiger charge is -2.15. The highest BCUT2D eigenvalue weighted by molar-refractivity contribution is 8.00. The molecule has 8 nitrogen and oxygen atoms in total. The van der Waals surface area contributed by atoms with Crippen LogP contribution in [0.25, 0.3) is 0 Å². The molecule has 9 heteroatoms. The molecule has 0 saturated carbocycles. The zero-order valence-corrected chi connectivity index (χ0v) is 17.5. The Morgan fingerprint density at radius 3 is 2.55 bits per heavy atom. The van der Waals surface area contributed by atoms with Gasteiger partial charge in [-0.05, 0) is 38.8 Å². The van der Waals surface area contributed by atoms with Gasteiger partial charge in [0.15, 0.2) is 6.61 Å². The van der Waals surface area contributed by atoms with Crippen molar-refractivity contribution in [1.29, 1.82) is 0 Å². The minimum Gasteiger partial charge on any atom is -0.452 e. The maximum absolute atomic E-state index is 12.4. The van der Waals surface area contributed by atoms with Gasteiger partial charge in [0.2, 0.25) is 11.8 Å². The van der Waals surface area contributed by atoms with Gasteiger partial charge in [0.25, 0.3) is 5.91 Å². The average molecular weight is 422 g/mol. The maximum atomic E-state index is 12.4. The summed E-state index contributed by atoms with van der Waals surface area (Å²) in [5, 5.41) is 5.07. The number of amides is 3. The molecule has 0 radical (unpaired) electrons. The van der Waals surface area contributed by atoms with E-state index in [0.29, 0.717) is 17.0 Å². The average Bonchev–Trinajstić information content (AvgIpc) is 3.25. The van der Waals surface area contributed by atoms with Crippen molar-refractivity contribution in [3.63, 3.8) is 0 Å². The van der Waals surface area contributed by atoms with Gasteiger partial charge in [0, 0.05) is 24.5 Å². The molecule has 1 saturated heterocycles. The molecular formula is C20H27N3O5S. The molecular weight excluding hydrogens is 394 g/mol. The first-order valence-corrected chi connectivity index (χ1v) is 10.6. The van der Waals surface area contributed by atoms with Crippen LogP contribution >= 0.6 is 11.8 Å². The zero-order chi connectivity index (χ0) is 21.2. The number of benzene rings is 1. The van der Waals surface area contributed by atoms with E-state index < -0.39 is 24.5 Å². The van der Waals surface area contributed by atoms with Crippen molar-refractivity contribution in [1.82, 2.24) is 15.5 Å². The highest BCUT2D eigenvalue weighted by Gasteiger charge is 2.20. The summed E-state index contributed by atoms with van der Waals surface area (Å²) in [5.74, 6) is -1.23. The lowest BCUT2D eigenvalue weighted by atomic mass is 10.2. The summed E-state index contributed by atoms with van der Waals surface area (Å²) in [5.41, 5.74) is 0.302. The van der Waals surface area contributed by atoms with E-state index in [-0.39, 0.29) is 17.6 Å². The summed E-state index contributed by atoms with van der Waals surface area (Å²) in [6.45, 7) is 4.87. The highest BCUT2D eigenvalue weighted by Crippen LogP contribution is 2.24. The molecule has 1 aliphatic rings. The number of likely N-dealkylation sites (N-methyl/N-ethyl adjacent to an activating group) is 1. The van der Waals surface area contributed by atoms with Crippen LogP contribution in [0.5, 0.6) is 0 Å². The van der Waals surface area contributed by atoms with Crippen molar-refractivity contribution < 1.29 is 23.9 Å². The van der Waals surface area contributed by atoms with E-state index >= 15 is 0 Å². The Kier molecular flexibility index (Phi) is 8.98. The molecule has 0 bridgehead atoms. The summed E-state index contributed by atoms with van der Waals surface area (Å²) < 4.78 is 5.09. The second-order valence-corrected chi connectivity index (χ2v) is 7.65. The molecule has 158 valence electrons. The topological polar surface area (TPSA) is 105 Å². The van der Waals surface area contributed by atoms with Gasteiger partial charge in [-0.3, -0.25) is 14.4 Å². The van der Waals surface area contributed by atoms with Crippen LogP contribution in [-0.2, 0) is 19.1 Å². The molecule has 1 fully saturated rings. The first-order valence-electron chi connectivity index (χ1n) is 9.66. The quantitative estimate of drug-likeness (QED) is 0.459. The van der Waals surface area contributed by atoms with Crippen LogP contribution in [0.1, 0.15) is 37.0 Å². The molecule has 2 N–H and O–H groups in total. The van der Waals surface area contributed by atoms with Crippen molar-refractivity contribution in [2.75, 3.05) is 32.0 Å². The number of ether oxygens (including phenoxy) is 1. The Labute approximate surface area is 174 Å². The van der Waals surface area contributed by atoms with Gasteiger partial charge >= 0.3 is 5.97 Å². The van der Waals surface area contributed by atoms with Crippen LogP contribution in [0.15, 0.2) is 29.2 Å². The van der Waals surface area contributed by atoms with Crippen LogP contribution < -0.4 is 10.6 Å². The van der Waals surface area contributed by atoms with Crippen molar-refractivity contribution >= 4 is 35.5 Å². The second kappa shape index (κ2) is 11.5. The van der Waals surface area contributed by atoms with E-state index in [0.717, 1.165) is 25.9 Å². The van der Waals surface area contributed by atoms with Crippen molar-refractivity contribution in [3.05, 3.63) is 29.8 Å². The van der Waals surface area contributed by atoms with Gasteiger partial charge in [-0.1, -0.05) is 12.1 Å². The predicted molar refractivity (Wildman–Crippen MR) is 110 cm³/mol. The van der Waals surface area contributed by atoms with E-state index in [1.165, 1.54) is 11.8 Å². The summed E-state index contributed by atoms with van der Waals surface area (Å²) in [6, 6.07) is 6.09. The number of hydrogen-bond acceptors (Lipinski definition) is 6. The smallest absolute Gasteiger partial charge is 0.339 e. The van der Waals surface area contributed by atoms with Crippen LogP contribution in [0, 0.1) is 0 Å². The summed E-state index contributed by atoms with van der Waals surface area (Å²) in [6.07, 6.45) is 2.06. The highest BCUT2D eigenvalue weighted by atomic mass is 32.2. The third kappa shape index (κ3) is 7.08. The molecule has 1 heterocycles. The van der Waals surface area contributed by atoms with Crippen LogP contribution in [0.4, 0.5) is 0 Å². The van der Waals surface area contributed by atoms with Crippen molar-refractivity contribution in [2.24, 2.45) is 0 Å². The Morgan fingerprint density at radius 2 is 1.86 bits per heavy atom. The molecule has 3 amide bonds. The molecule has 29 heavy (non-hydrogen) atoms. The first kappa shape index (κ1) is 22.7. The number of likely N-dealkylation sites (tertiary alicyclic amines) is 1. The van der Waals surface area contributed by atoms with Crippen molar-refractivity contribution in [3.8, 4) is 0 Å². The third-order valence-corrected chi connectivity index (χ3v) is 5.43. The van der Waals surface area contributed by atoms with E-state index in [1.54, 1.807) is 38.1 Å². The number of carbonyl (C=O) groups is 4. The number of nitrogens with one attached hydrogen (secondary N) is 2. The number of hydrogen-bond donors (Lipinski definition) is 2. The molecule has 1 aliphatic heterocycles. The lowest BCUT2D eigenvalue weighted by Crippen LogP contribution is -2.46. The zero-order valence-electron chi connectivity index (χ0n) is 16.7. The predicted octanol–water partition coefficient (Wildman–Crippen LogP) is 1.20. The van der Waals surface area contributed by atoms with E-state index in [4.69, 9.17) is 4.74 Å². The fourth-order valence-corrected chi connectivity index (χ4v) is 3.79. The Morgan fingerprint density at radius 1 is 1.17 bits per heavy atom. The molecule has 2 rings (SSSR count). The SMILES string of the molecule is CCNC(=O)[C@H](C)NC(=O)COC(=O)c1ccccc1SCC(=O)N1CCCC1. The largest absolute Gasteiger partial charge is 0.452 e. The summed E-state index contributed by atoms with van der Waals surface area (Å²) >= 11 is 1.28. The normalized spacial score (nSPS) is 14.2. The van der Waals surface area contributed by atoms with Gasteiger partial charge < -0.3 is 20.3 Å². The molecule has 1 atom stereocenters. The number of esters is 1. The molecule has 0 unspecified atom stereocenters. The maximum Gasteiger partial charge on any atom is 0.339 e. The minimum atomic E-state index is -0.722. The van der Waals surface area contributed by atoms with E-state index in [9.17, 15) is 19.2 Å². The number of rotatable bonds is 9. The second-order valence-electron chi connectivity index (χ2n) is 6.63. The van der Waals surface area contributed by atoms with Gasteiger partial charge in [0.1, 0.15) is 6.04 Å². The molecule has 1 aromatic rings. The monoisotopic (exact) mass is 421 g/mol. The summed E-state index contributed by atoms with van der Waals surface area (Å²) in [7, 11) is 0. The van der Waals surface area contributed by atoms with E-state index in [2.05, 4.69) is 10.6 Å². The number of nitrogens with zero attached hydrogens (tertiary/aromatic N) is 1. The number of carbonyl (C=O) groups excluding carboxylic acids is 4. The Hall–Kier alpha value is -2.55. The minimum absolute atomic E-state index is 0.0504. The van der Waals surface area contributed by atoms with Gasteiger partial charge in [-0.15, -0.1) is 11.8 Å². The Balaban J connectivity index is 1.86. The summed E-state index contributed by atoms with van der Waals surface area (Å²) in [4.78, 5) is 50.6. The van der Waals surface area contributed by atoms with Gasteiger partial charge in [-0.2, -0.15) is 0 Å². The van der Waals surface area contributed by atoms with Crippen LogP contribution in [0.3, 0.4) is 0 Å². The molecule has 0 aromatic heterocycles. The van der Waals surface area contributed by atoms with Crippen LogP contribution in [0.2, 0.25) is 0 Å². The fourth-order valence-electron chi connectivity index (χ4n) is 2.84. The molecule has 1 aromatic carbocycles. The third-order valence-electron chi connectivity index (χ3n) is 4.37. The molecule has 0 spiro atoms. The first-order chi connectivity index (χ1) is 13.9. The molecule has 0 aliphatic carbocycles. The standard InChI is InChI=1S/C20H27N3O5S/c1-3-21-19(26)14(2)22-17(24)12-28-20(27)15-8-4-5-9-16(15)29-13-18(25)23-10-6-7-11-23/h4-5,8-9,14H,3,6-7,10-13H2,1-2H3,(H,21,26)(H,22,24)/t14-/m0/s1. The van der Waals surface area contributed by atoms with E-state index in [1.807, 2.05) is 4.90 Å². The van der Waals surface area contributed by atoms with Gasteiger partial charge in [-0.25, -0.2) is 4.79 Å². The van der Waals surface area contributed by atoms with Crippen molar-refractivity contribution in [2.45, 2.75) is 37.6 Å². The number of thioether (sulfide) groups is 1. The van der Waals surface area contributed by atoms with Gasteiger partial charge in [0.05, 0.1) is 11.3 Å². The van der Waals surface area contributed by atoms with Crippen LogP contribution in [-0.4, -0.2) is 66.6 Å². The Bertz CT molecular complexity index is 749. The lowest BCUT2D eigenvalue weighted by molar-refractivity contribution is -0.130. The fraction of sp³-hybridized carbons (Fsp3) is 0.500.